The van der Waals surface area contributed by atoms with Crippen molar-refractivity contribution in [1.82, 2.24) is 5.32 Å². The van der Waals surface area contributed by atoms with Gasteiger partial charge >= 0.3 is 5.97 Å². The molecule has 0 aliphatic rings. The number of carbonyl (C=O) groups is 1. The number of nitrogens with one attached hydrogen (secondary N) is 1. The van der Waals surface area contributed by atoms with Gasteiger partial charge in [0.1, 0.15) is 12.6 Å². The van der Waals surface area contributed by atoms with Crippen LogP contribution in [0.25, 0.3) is 5.57 Å². The molecule has 0 heterocycles. The fourth-order valence-corrected chi connectivity index (χ4v) is 3.24. The SMILES string of the molecule is C=CC(/C(N)=N/N)=C(\C=C)c1ccc(CNC(C(=O)OCc2ccccc2)C(C)C)cc1. The first-order valence-corrected chi connectivity index (χ1v) is 10.5. The molecule has 0 spiro atoms. The van der Waals surface area contributed by atoms with Gasteiger partial charge in [-0.2, -0.15) is 5.10 Å². The topological polar surface area (TPSA) is 103 Å². The van der Waals surface area contributed by atoms with Crippen LogP contribution in [0.1, 0.15) is 30.5 Å². The maximum atomic E-state index is 12.6. The molecule has 6 heteroatoms. The van der Waals surface area contributed by atoms with Gasteiger partial charge in [-0.25, -0.2) is 0 Å². The lowest BCUT2D eigenvalue weighted by Crippen LogP contribution is -2.41. The van der Waals surface area contributed by atoms with Crippen LogP contribution >= 0.6 is 0 Å². The van der Waals surface area contributed by atoms with Gasteiger partial charge in [0, 0.05) is 12.1 Å². The van der Waals surface area contributed by atoms with E-state index in [0.29, 0.717) is 12.1 Å². The molecule has 0 saturated carbocycles. The minimum Gasteiger partial charge on any atom is -0.460 e. The third-order valence-electron chi connectivity index (χ3n) is 5.05. The summed E-state index contributed by atoms with van der Waals surface area (Å²) in [6.45, 7) is 12.4. The van der Waals surface area contributed by atoms with Crippen molar-refractivity contribution in [3.8, 4) is 0 Å². The number of rotatable bonds is 11. The van der Waals surface area contributed by atoms with Crippen molar-refractivity contribution < 1.29 is 9.53 Å². The lowest BCUT2D eigenvalue weighted by molar-refractivity contribution is -0.148. The predicted octanol–water partition coefficient (Wildman–Crippen LogP) is 3.90. The van der Waals surface area contributed by atoms with E-state index in [-0.39, 0.29) is 24.3 Å². The Morgan fingerprint density at radius 2 is 1.72 bits per heavy atom. The Balaban J connectivity index is 2.06. The molecule has 1 atom stereocenters. The molecule has 0 saturated heterocycles. The number of carbonyl (C=O) groups excluding carboxylic acids is 1. The highest BCUT2D eigenvalue weighted by Crippen LogP contribution is 2.22. The summed E-state index contributed by atoms with van der Waals surface area (Å²) in [6, 6.07) is 17.1. The molecule has 0 amide bonds. The zero-order valence-corrected chi connectivity index (χ0v) is 18.8. The largest absolute Gasteiger partial charge is 0.460 e. The van der Waals surface area contributed by atoms with E-state index in [1.807, 2.05) is 68.4 Å². The van der Waals surface area contributed by atoms with Gasteiger partial charge in [0.2, 0.25) is 0 Å². The number of esters is 1. The van der Waals surface area contributed by atoms with Crippen LogP contribution in [0.4, 0.5) is 0 Å². The lowest BCUT2D eigenvalue weighted by Gasteiger charge is -2.21. The van der Waals surface area contributed by atoms with Gasteiger partial charge in [-0.1, -0.05) is 93.8 Å². The van der Waals surface area contributed by atoms with Crippen LogP contribution in [0.2, 0.25) is 0 Å². The van der Waals surface area contributed by atoms with Gasteiger partial charge in [0.25, 0.3) is 0 Å². The molecule has 1 unspecified atom stereocenters. The number of hydrogen-bond donors (Lipinski definition) is 3. The Morgan fingerprint density at radius 3 is 2.25 bits per heavy atom. The maximum Gasteiger partial charge on any atom is 0.323 e. The number of allylic oxidation sites excluding steroid dienone is 2. The summed E-state index contributed by atoms with van der Waals surface area (Å²) in [5.74, 6) is 5.33. The minimum absolute atomic E-state index is 0.0847. The fraction of sp³-hybridized carbons (Fsp3) is 0.231. The highest BCUT2D eigenvalue weighted by Gasteiger charge is 2.23. The second-order valence-electron chi connectivity index (χ2n) is 7.64. The fourth-order valence-electron chi connectivity index (χ4n) is 3.24. The van der Waals surface area contributed by atoms with Crippen LogP contribution in [0.5, 0.6) is 0 Å². The summed E-state index contributed by atoms with van der Waals surface area (Å²) in [4.78, 5) is 12.6. The molecule has 0 bridgehead atoms. The van der Waals surface area contributed by atoms with Crippen molar-refractivity contribution in [1.29, 1.82) is 0 Å². The van der Waals surface area contributed by atoms with E-state index in [1.54, 1.807) is 12.2 Å². The number of amidine groups is 1. The zero-order valence-electron chi connectivity index (χ0n) is 18.8. The lowest BCUT2D eigenvalue weighted by atomic mass is 9.97. The Morgan fingerprint density at radius 1 is 1.06 bits per heavy atom. The number of hydrazone groups is 1. The van der Waals surface area contributed by atoms with Crippen molar-refractivity contribution in [2.24, 2.45) is 22.6 Å². The number of nitrogens with zero attached hydrogens (tertiary/aromatic N) is 1. The molecular formula is C26H32N4O2. The molecule has 6 nitrogen and oxygen atoms in total. The van der Waals surface area contributed by atoms with Crippen molar-refractivity contribution in [2.75, 3.05) is 0 Å². The first kappa shape index (κ1) is 24.6. The Hall–Kier alpha value is -3.64. The zero-order chi connectivity index (χ0) is 23.5. The quantitative estimate of drug-likeness (QED) is 0.125. The molecular weight excluding hydrogens is 400 g/mol. The molecule has 2 rings (SSSR count). The molecule has 5 N–H and O–H groups in total. The van der Waals surface area contributed by atoms with Gasteiger partial charge in [-0.15, -0.1) is 0 Å². The molecule has 0 aromatic heterocycles. The summed E-state index contributed by atoms with van der Waals surface area (Å²) in [7, 11) is 0. The van der Waals surface area contributed by atoms with Crippen molar-refractivity contribution >= 4 is 17.4 Å². The van der Waals surface area contributed by atoms with Gasteiger partial charge in [-0.05, 0) is 28.2 Å². The van der Waals surface area contributed by atoms with Crippen molar-refractivity contribution in [2.45, 2.75) is 33.0 Å². The molecule has 2 aromatic rings. The van der Waals surface area contributed by atoms with Gasteiger partial charge < -0.3 is 21.6 Å². The van der Waals surface area contributed by atoms with E-state index in [4.69, 9.17) is 16.3 Å². The monoisotopic (exact) mass is 432 g/mol. The Kier molecular flexibility index (Phi) is 9.44. The molecule has 0 fully saturated rings. The van der Waals surface area contributed by atoms with E-state index < -0.39 is 6.04 Å². The smallest absolute Gasteiger partial charge is 0.323 e. The number of hydrogen-bond acceptors (Lipinski definition) is 5. The summed E-state index contributed by atoms with van der Waals surface area (Å²) in [5.41, 5.74) is 10.2. The van der Waals surface area contributed by atoms with E-state index in [2.05, 4.69) is 23.6 Å². The number of ether oxygens (including phenoxy) is 1. The molecule has 0 radical (unpaired) electrons. The minimum atomic E-state index is -0.407. The Bertz CT molecular complexity index is 977. The van der Waals surface area contributed by atoms with Crippen molar-refractivity contribution in [3.63, 3.8) is 0 Å². The average Bonchev–Trinajstić information content (AvgIpc) is 2.81. The molecule has 2 aromatic carbocycles. The second kappa shape index (κ2) is 12.3. The molecule has 32 heavy (non-hydrogen) atoms. The first-order valence-electron chi connectivity index (χ1n) is 10.5. The van der Waals surface area contributed by atoms with E-state index in [9.17, 15) is 4.79 Å². The third-order valence-corrected chi connectivity index (χ3v) is 5.05. The van der Waals surface area contributed by atoms with Crippen LogP contribution in [0.15, 0.2) is 90.6 Å². The van der Waals surface area contributed by atoms with Crippen LogP contribution < -0.4 is 16.9 Å². The molecule has 0 aliphatic heterocycles. The summed E-state index contributed by atoms with van der Waals surface area (Å²) in [5, 5.41) is 6.87. The Labute approximate surface area is 190 Å². The standard InChI is InChI=1S/C26H32N4O2/c1-5-22(23(6-2)25(27)30-28)21-14-12-19(13-15-21)16-29-24(18(3)4)26(31)32-17-20-10-8-7-9-11-20/h5-15,18,24,29H,1-2,16-17,28H2,3-4H3,(H2,27,30)/b23-22-. The van der Waals surface area contributed by atoms with Gasteiger partial charge in [0.05, 0.1) is 0 Å². The van der Waals surface area contributed by atoms with E-state index >= 15 is 0 Å². The summed E-state index contributed by atoms with van der Waals surface area (Å²) < 4.78 is 5.52. The van der Waals surface area contributed by atoms with E-state index in [0.717, 1.165) is 22.3 Å². The highest BCUT2D eigenvalue weighted by atomic mass is 16.5. The van der Waals surface area contributed by atoms with Crippen LogP contribution in [0, 0.1) is 5.92 Å². The second-order valence-corrected chi connectivity index (χ2v) is 7.64. The predicted molar refractivity (Wildman–Crippen MR) is 131 cm³/mol. The van der Waals surface area contributed by atoms with Crippen molar-refractivity contribution in [3.05, 3.63) is 102 Å². The van der Waals surface area contributed by atoms with Crippen LogP contribution in [0.3, 0.4) is 0 Å². The third kappa shape index (κ3) is 6.68. The van der Waals surface area contributed by atoms with E-state index in [1.165, 1.54) is 0 Å². The van der Waals surface area contributed by atoms with Gasteiger partial charge in [-0.3, -0.25) is 4.79 Å². The number of benzene rings is 2. The summed E-state index contributed by atoms with van der Waals surface area (Å²) in [6.07, 6.45) is 3.30. The molecule has 0 aliphatic carbocycles. The van der Waals surface area contributed by atoms with Crippen LogP contribution in [-0.4, -0.2) is 17.8 Å². The summed E-state index contributed by atoms with van der Waals surface area (Å²) >= 11 is 0. The highest BCUT2D eigenvalue weighted by molar-refractivity contribution is 6.07. The van der Waals surface area contributed by atoms with Gasteiger partial charge in [0.15, 0.2) is 5.84 Å². The molecule has 168 valence electrons. The van der Waals surface area contributed by atoms with Crippen LogP contribution in [-0.2, 0) is 22.7 Å². The first-order chi connectivity index (χ1) is 15.4. The normalized spacial score (nSPS) is 13.3. The average molecular weight is 433 g/mol. The maximum absolute atomic E-state index is 12.6. The number of nitrogens with two attached hydrogens (primary N) is 2.